The van der Waals surface area contributed by atoms with Crippen molar-refractivity contribution in [2.75, 3.05) is 10.7 Å². The highest BCUT2D eigenvalue weighted by Crippen LogP contribution is 2.38. The zero-order chi connectivity index (χ0) is 21.1. The average molecular weight is 442 g/mol. The summed E-state index contributed by atoms with van der Waals surface area (Å²) >= 11 is 7.51. The first-order chi connectivity index (χ1) is 14.6. The lowest BCUT2D eigenvalue weighted by Gasteiger charge is -2.33. The molecule has 0 unspecified atom stereocenters. The highest BCUT2D eigenvalue weighted by Gasteiger charge is 2.37. The highest BCUT2D eigenvalue weighted by molar-refractivity contribution is 8.00. The fourth-order valence-electron chi connectivity index (χ4n) is 3.47. The van der Waals surface area contributed by atoms with Crippen molar-refractivity contribution in [1.82, 2.24) is 14.9 Å². The van der Waals surface area contributed by atoms with Crippen molar-refractivity contribution in [2.24, 2.45) is 0 Å². The maximum atomic E-state index is 13.3. The second-order valence-corrected chi connectivity index (χ2v) is 8.77. The summed E-state index contributed by atoms with van der Waals surface area (Å²) in [5.74, 6) is 0.773. The fourth-order valence-corrected chi connectivity index (χ4v) is 4.76. The number of nitrogens with zero attached hydrogens (tertiary/aromatic N) is 3. The quantitative estimate of drug-likeness (QED) is 0.572. The van der Waals surface area contributed by atoms with Gasteiger partial charge in [-0.25, -0.2) is 4.68 Å². The zero-order valence-electron chi connectivity index (χ0n) is 16.9. The summed E-state index contributed by atoms with van der Waals surface area (Å²) < 4.78 is 1.93. The SMILES string of the molecule is CCCc1nnc2n1N[C@H](c1ccc(CC)cc1)[C@@H](C(=O)Nc1cccc(Cl)c1)S2. The van der Waals surface area contributed by atoms with E-state index in [1.54, 1.807) is 12.1 Å². The van der Waals surface area contributed by atoms with Crippen LogP contribution in [-0.2, 0) is 17.6 Å². The van der Waals surface area contributed by atoms with Gasteiger partial charge in [0.2, 0.25) is 11.1 Å². The van der Waals surface area contributed by atoms with Gasteiger partial charge in [0.15, 0.2) is 5.82 Å². The number of aromatic nitrogens is 3. The van der Waals surface area contributed by atoms with E-state index in [0.29, 0.717) is 15.9 Å². The Balaban J connectivity index is 1.66. The Hall–Kier alpha value is -2.51. The van der Waals surface area contributed by atoms with Gasteiger partial charge in [-0.05, 0) is 42.2 Å². The standard InChI is InChI=1S/C22H24ClN5OS/c1-3-6-18-25-26-22-28(18)27-19(15-11-9-14(4-2)10-12-15)20(30-22)21(29)24-17-8-5-7-16(23)13-17/h5,7-13,19-20,27H,3-4,6H2,1-2H3,(H,24,29)/t19-,20+/m1/s1. The molecule has 0 saturated carbocycles. The van der Waals surface area contributed by atoms with E-state index in [1.807, 2.05) is 16.8 Å². The Bertz CT molecular complexity index is 1040. The predicted octanol–water partition coefficient (Wildman–Crippen LogP) is 4.84. The van der Waals surface area contributed by atoms with Gasteiger partial charge < -0.3 is 10.7 Å². The molecule has 0 bridgehead atoms. The van der Waals surface area contributed by atoms with Crippen LogP contribution in [0.25, 0.3) is 0 Å². The van der Waals surface area contributed by atoms with Crippen molar-refractivity contribution in [1.29, 1.82) is 0 Å². The molecule has 0 saturated heterocycles. The van der Waals surface area contributed by atoms with Gasteiger partial charge in [0, 0.05) is 17.1 Å². The summed E-state index contributed by atoms with van der Waals surface area (Å²) in [5.41, 5.74) is 6.48. The minimum absolute atomic E-state index is 0.106. The number of halogens is 1. The molecule has 6 nitrogen and oxygen atoms in total. The molecule has 2 aromatic carbocycles. The Morgan fingerprint density at radius 3 is 2.70 bits per heavy atom. The van der Waals surface area contributed by atoms with Crippen molar-refractivity contribution in [3.05, 3.63) is 70.5 Å². The lowest BCUT2D eigenvalue weighted by atomic mass is 10.0. The minimum Gasteiger partial charge on any atom is -0.325 e. The molecule has 3 aromatic rings. The lowest BCUT2D eigenvalue weighted by Crippen LogP contribution is -2.41. The predicted molar refractivity (Wildman–Crippen MR) is 122 cm³/mol. The van der Waals surface area contributed by atoms with Crippen LogP contribution < -0.4 is 10.7 Å². The van der Waals surface area contributed by atoms with Crippen LogP contribution in [0, 0.1) is 0 Å². The molecule has 0 fully saturated rings. The van der Waals surface area contributed by atoms with E-state index in [0.717, 1.165) is 30.7 Å². The number of carbonyl (C=O) groups excluding carboxylic acids is 1. The van der Waals surface area contributed by atoms with Gasteiger partial charge in [-0.1, -0.05) is 67.5 Å². The molecular formula is C22H24ClN5OS. The van der Waals surface area contributed by atoms with E-state index in [2.05, 4.69) is 59.1 Å². The number of benzene rings is 2. The molecule has 30 heavy (non-hydrogen) atoms. The number of rotatable bonds is 6. The summed E-state index contributed by atoms with van der Waals surface area (Å²) in [6.07, 6.45) is 2.77. The van der Waals surface area contributed by atoms with Crippen LogP contribution in [0.1, 0.15) is 43.3 Å². The molecule has 1 aromatic heterocycles. The van der Waals surface area contributed by atoms with Crippen LogP contribution in [0.3, 0.4) is 0 Å². The molecule has 2 N–H and O–H groups in total. The summed E-state index contributed by atoms with van der Waals surface area (Å²) in [7, 11) is 0. The van der Waals surface area contributed by atoms with Crippen LogP contribution in [0.5, 0.6) is 0 Å². The van der Waals surface area contributed by atoms with Gasteiger partial charge >= 0.3 is 0 Å². The molecule has 2 atom stereocenters. The third kappa shape index (κ3) is 4.32. The first-order valence-electron chi connectivity index (χ1n) is 10.1. The van der Waals surface area contributed by atoms with Crippen molar-refractivity contribution in [3.63, 3.8) is 0 Å². The monoisotopic (exact) mass is 441 g/mol. The van der Waals surface area contributed by atoms with Crippen LogP contribution in [0.4, 0.5) is 5.69 Å². The molecule has 0 aliphatic carbocycles. The molecule has 1 aliphatic rings. The lowest BCUT2D eigenvalue weighted by molar-refractivity contribution is -0.116. The number of aryl methyl sites for hydroxylation is 2. The topological polar surface area (TPSA) is 71.8 Å². The third-order valence-corrected chi connectivity index (χ3v) is 6.53. The molecule has 2 heterocycles. The Labute approximate surface area is 185 Å². The second-order valence-electron chi connectivity index (χ2n) is 7.22. The van der Waals surface area contributed by atoms with Gasteiger partial charge in [0.05, 0.1) is 6.04 Å². The Morgan fingerprint density at radius 1 is 1.20 bits per heavy atom. The molecular weight excluding hydrogens is 418 g/mol. The van der Waals surface area contributed by atoms with Crippen LogP contribution in [0.15, 0.2) is 53.7 Å². The molecule has 8 heteroatoms. The number of nitrogens with one attached hydrogen (secondary N) is 2. The summed E-state index contributed by atoms with van der Waals surface area (Å²) in [6, 6.07) is 15.4. The van der Waals surface area contributed by atoms with Gasteiger partial charge in [-0.3, -0.25) is 4.79 Å². The Kier molecular flexibility index (Phi) is 6.29. The van der Waals surface area contributed by atoms with E-state index in [4.69, 9.17) is 11.6 Å². The van der Waals surface area contributed by atoms with Gasteiger partial charge in [-0.15, -0.1) is 10.2 Å². The largest absolute Gasteiger partial charge is 0.325 e. The third-order valence-electron chi connectivity index (χ3n) is 5.07. The minimum atomic E-state index is -0.414. The average Bonchev–Trinajstić information content (AvgIpc) is 3.15. The smallest absolute Gasteiger partial charge is 0.240 e. The number of anilines is 1. The fraction of sp³-hybridized carbons (Fsp3) is 0.318. The number of thioether (sulfide) groups is 1. The number of hydrogen-bond donors (Lipinski definition) is 2. The molecule has 1 amide bonds. The maximum absolute atomic E-state index is 13.3. The number of fused-ring (bicyclic) bond motifs is 1. The molecule has 0 radical (unpaired) electrons. The molecule has 0 spiro atoms. The molecule has 4 rings (SSSR count). The normalized spacial score (nSPS) is 17.8. The number of amides is 1. The van der Waals surface area contributed by atoms with Crippen molar-refractivity contribution in [3.8, 4) is 0 Å². The molecule has 1 aliphatic heterocycles. The summed E-state index contributed by atoms with van der Waals surface area (Å²) in [4.78, 5) is 13.3. The summed E-state index contributed by atoms with van der Waals surface area (Å²) in [6.45, 7) is 4.24. The van der Waals surface area contributed by atoms with Gasteiger partial charge in [0.1, 0.15) is 5.25 Å². The van der Waals surface area contributed by atoms with Crippen LogP contribution in [0.2, 0.25) is 5.02 Å². The van der Waals surface area contributed by atoms with E-state index >= 15 is 0 Å². The number of hydrogen-bond acceptors (Lipinski definition) is 5. The van der Waals surface area contributed by atoms with Crippen LogP contribution in [-0.4, -0.2) is 26.0 Å². The van der Waals surface area contributed by atoms with E-state index in [9.17, 15) is 4.79 Å². The van der Waals surface area contributed by atoms with Crippen molar-refractivity contribution >= 4 is 35.0 Å². The summed E-state index contributed by atoms with van der Waals surface area (Å²) in [5, 5.41) is 12.5. The Morgan fingerprint density at radius 2 is 2.00 bits per heavy atom. The van der Waals surface area contributed by atoms with E-state index < -0.39 is 5.25 Å². The second kappa shape index (κ2) is 9.10. The van der Waals surface area contributed by atoms with Crippen molar-refractivity contribution in [2.45, 2.75) is 49.6 Å². The van der Waals surface area contributed by atoms with Gasteiger partial charge in [0.25, 0.3) is 0 Å². The first kappa shape index (κ1) is 20.8. The van der Waals surface area contributed by atoms with E-state index in [-0.39, 0.29) is 11.9 Å². The number of carbonyl (C=O) groups is 1. The first-order valence-corrected chi connectivity index (χ1v) is 11.4. The zero-order valence-corrected chi connectivity index (χ0v) is 18.5. The molecule has 156 valence electrons. The van der Waals surface area contributed by atoms with Crippen molar-refractivity contribution < 1.29 is 4.79 Å². The highest BCUT2D eigenvalue weighted by atomic mass is 35.5. The maximum Gasteiger partial charge on any atom is 0.240 e. The van der Waals surface area contributed by atoms with E-state index in [1.165, 1.54) is 17.3 Å². The van der Waals surface area contributed by atoms with Gasteiger partial charge in [-0.2, -0.15) is 0 Å². The van der Waals surface area contributed by atoms with Crippen LogP contribution >= 0.6 is 23.4 Å².